The molecule has 7 nitrogen and oxygen atoms in total. The minimum atomic E-state index is -1.03. The molecule has 0 spiro atoms. The van der Waals surface area contributed by atoms with Crippen molar-refractivity contribution in [3.05, 3.63) is 54.1 Å². The zero-order valence-electron chi connectivity index (χ0n) is 14.4. The minimum absolute atomic E-state index is 0.269. The number of hydrogen-bond donors (Lipinski definition) is 1. The highest BCUT2D eigenvalue weighted by Gasteiger charge is 2.19. The summed E-state index contributed by atoms with van der Waals surface area (Å²) in [6, 6.07) is 13.4. The van der Waals surface area contributed by atoms with Gasteiger partial charge in [-0.05, 0) is 31.2 Å². The summed E-state index contributed by atoms with van der Waals surface area (Å²) in [5, 5.41) is 2.63. The van der Waals surface area contributed by atoms with Gasteiger partial charge in [0.1, 0.15) is 11.5 Å². The fraction of sp³-hybridized carbons (Fsp3) is 0.211. The molecule has 7 heteroatoms. The van der Waals surface area contributed by atoms with Crippen LogP contribution in [0.15, 0.2) is 48.5 Å². The number of nitrogens with one attached hydrogen (secondary N) is 1. The van der Waals surface area contributed by atoms with Crippen molar-refractivity contribution in [2.75, 3.05) is 19.0 Å². The fourth-order valence-electron chi connectivity index (χ4n) is 2.11. The van der Waals surface area contributed by atoms with Crippen molar-refractivity contribution in [1.29, 1.82) is 0 Å². The first kappa shape index (κ1) is 19.0. The van der Waals surface area contributed by atoms with Crippen LogP contribution in [0, 0.1) is 0 Å². The van der Waals surface area contributed by atoms with Crippen LogP contribution >= 0.6 is 0 Å². The molecule has 2 aromatic carbocycles. The van der Waals surface area contributed by atoms with Crippen molar-refractivity contribution in [2.45, 2.75) is 13.0 Å². The summed E-state index contributed by atoms with van der Waals surface area (Å²) < 4.78 is 15.5. The summed E-state index contributed by atoms with van der Waals surface area (Å²) in [6.45, 7) is 1.03. The first-order valence-electron chi connectivity index (χ1n) is 7.85. The average Bonchev–Trinajstić information content (AvgIpc) is 2.66. The van der Waals surface area contributed by atoms with Gasteiger partial charge in [-0.25, -0.2) is 4.79 Å². The van der Waals surface area contributed by atoms with Gasteiger partial charge in [-0.3, -0.25) is 9.59 Å². The van der Waals surface area contributed by atoms with E-state index in [0.29, 0.717) is 23.3 Å². The number of anilines is 1. The number of carbonyl (C=O) groups excluding carboxylic acids is 3. The highest BCUT2D eigenvalue weighted by Crippen LogP contribution is 2.23. The third kappa shape index (κ3) is 5.07. The molecule has 1 atom stereocenters. The molecule has 0 aliphatic heterocycles. The zero-order chi connectivity index (χ0) is 18.9. The Bertz CT molecular complexity index is 789. The van der Waals surface area contributed by atoms with Gasteiger partial charge in [0.2, 0.25) is 0 Å². The maximum absolute atomic E-state index is 12.2. The van der Waals surface area contributed by atoms with E-state index >= 15 is 0 Å². The van der Waals surface area contributed by atoms with Crippen LogP contribution < -0.4 is 14.8 Å². The summed E-state index contributed by atoms with van der Waals surface area (Å²) in [4.78, 5) is 34.9. The van der Waals surface area contributed by atoms with Crippen molar-refractivity contribution >= 4 is 23.9 Å². The molecule has 2 rings (SSSR count). The SMILES string of the molecule is COc1ccccc1NC(=O)[C@H](C)OC(=O)COc1ccccc1C=O. The fourth-order valence-corrected chi connectivity index (χ4v) is 2.11. The molecule has 0 aliphatic carbocycles. The molecule has 1 amide bonds. The Kier molecular flexibility index (Phi) is 6.73. The standard InChI is InChI=1S/C19H19NO6/c1-13(19(23)20-15-8-4-6-10-17(15)24-2)26-18(22)12-25-16-9-5-3-7-14(16)11-21/h3-11,13H,12H2,1-2H3,(H,20,23)/t13-/m0/s1. The highest BCUT2D eigenvalue weighted by atomic mass is 16.6. The number of hydrogen-bond acceptors (Lipinski definition) is 6. The highest BCUT2D eigenvalue weighted by molar-refractivity contribution is 5.96. The average molecular weight is 357 g/mol. The minimum Gasteiger partial charge on any atom is -0.495 e. The van der Waals surface area contributed by atoms with Gasteiger partial charge in [0.05, 0.1) is 18.4 Å². The van der Waals surface area contributed by atoms with Gasteiger partial charge in [0, 0.05) is 0 Å². The predicted molar refractivity (Wildman–Crippen MR) is 94.5 cm³/mol. The predicted octanol–water partition coefficient (Wildman–Crippen LogP) is 2.46. The number of aldehydes is 1. The first-order valence-corrected chi connectivity index (χ1v) is 7.85. The Labute approximate surface area is 150 Å². The third-order valence-corrected chi connectivity index (χ3v) is 3.43. The summed E-state index contributed by atoms with van der Waals surface area (Å²) in [6.07, 6.45) is -0.401. The number of carbonyl (C=O) groups is 3. The molecule has 0 unspecified atom stereocenters. The summed E-state index contributed by atoms with van der Waals surface area (Å²) in [7, 11) is 1.49. The number of ether oxygens (including phenoxy) is 3. The maximum Gasteiger partial charge on any atom is 0.344 e. The molecule has 0 aliphatic rings. The molecule has 0 heterocycles. The molecule has 1 N–H and O–H groups in total. The van der Waals surface area contributed by atoms with Gasteiger partial charge in [0.25, 0.3) is 5.91 Å². The van der Waals surface area contributed by atoms with Crippen LogP contribution in [0.1, 0.15) is 17.3 Å². The van der Waals surface area contributed by atoms with Crippen LogP contribution in [0.2, 0.25) is 0 Å². The molecule has 0 radical (unpaired) electrons. The van der Waals surface area contributed by atoms with Crippen molar-refractivity contribution < 1.29 is 28.6 Å². The van der Waals surface area contributed by atoms with E-state index in [1.54, 1.807) is 48.5 Å². The molecule has 136 valence electrons. The Hall–Kier alpha value is -3.35. The second-order valence-corrected chi connectivity index (χ2v) is 5.27. The Morgan fingerprint density at radius 1 is 1.08 bits per heavy atom. The quantitative estimate of drug-likeness (QED) is 0.576. The van der Waals surface area contributed by atoms with E-state index in [2.05, 4.69) is 5.32 Å². The monoisotopic (exact) mass is 357 g/mol. The topological polar surface area (TPSA) is 90.9 Å². The molecular weight excluding hydrogens is 338 g/mol. The molecule has 0 bridgehead atoms. The van der Waals surface area contributed by atoms with Gasteiger partial charge < -0.3 is 19.5 Å². The lowest BCUT2D eigenvalue weighted by Crippen LogP contribution is -2.31. The second kappa shape index (κ2) is 9.22. The van der Waals surface area contributed by atoms with Crippen LogP contribution in [0.5, 0.6) is 11.5 Å². The lowest BCUT2D eigenvalue weighted by molar-refractivity contribution is -0.155. The summed E-state index contributed by atoms with van der Waals surface area (Å²) >= 11 is 0. The van der Waals surface area contributed by atoms with Crippen LogP contribution in [0.25, 0.3) is 0 Å². The van der Waals surface area contributed by atoms with Gasteiger partial charge in [-0.1, -0.05) is 24.3 Å². The first-order chi connectivity index (χ1) is 12.5. The lowest BCUT2D eigenvalue weighted by Gasteiger charge is -2.15. The Morgan fingerprint density at radius 2 is 1.73 bits per heavy atom. The molecular formula is C19H19NO6. The maximum atomic E-state index is 12.2. The van der Waals surface area contributed by atoms with Crippen LogP contribution in [-0.2, 0) is 14.3 Å². The number of methoxy groups -OCH3 is 1. The van der Waals surface area contributed by atoms with E-state index in [-0.39, 0.29) is 5.75 Å². The largest absolute Gasteiger partial charge is 0.495 e. The van der Waals surface area contributed by atoms with E-state index in [1.165, 1.54) is 14.0 Å². The van der Waals surface area contributed by atoms with Crippen LogP contribution in [-0.4, -0.2) is 38.0 Å². The normalized spacial score (nSPS) is 11.2. The third-order valence-electron chi connectivity index (χ3n) is 3.43. The molecule has 0 fully saturated rings. The van der Waals surface area contributed by atoms with Crippen molar-refractivity contribution in [1.82, 2.24) is 0 Å². The van der Waals surface area contributed by atoms with E-state index in [9.17, 15) is 14.4 Å². The van der Waals surface area contributed by atoms with Crippen molar-refractivity contribution in [2.24, 2.45) is 0 Å². The van der Waals surface area contributed by atoms with Gasteiger partial charge in [-0.15, -0.1) is 0 Å². The van der Waals surface area contributed by atoms with E-state index in [0.717, 1.165) is 0 Å². The zero-order valence-corrected chi connectivity index (χ0v) is 14.4. The number of esters is 1. The van der Waals surface area contributed by atoms with E-state index in [4.69, 9.17) is 14.2 Å². The molecule has 0 aromatic heterocycles. The number of rotatable bonds is 8. The van der Waals surface area contributed by atoms with E-state index < -0.39 is 24.6 Å². The van der Waals surface area contributed by atoms with Crippen LogP contribution in [0.3, 0.4) is 0 Å². The van der Waals surface area contributed by atoms with Crippen molar-refractivity contribution in [3.8, 4) is 11.5 Å². The van der Waals surface area contributed by atoms with Crippen molar-refractivity contribution in [3.63, 3.8) is 0 Å². The number of benzene rings is 2. The Morgan fingerprint density at radius 3 is 2.42 bits per heavy atom. The smallest absolute Gasteiger partial charge is 0.344 e. The summed E-state index contributed by atoms with van der Waals surface area (Å²) in [5.74, 6) is -0.469. The molecule has 0 saturated heterocycles. The summed E-state index contributed by atoms with van der Waals surface area (Å²) in [5.41, 5.74) is 0.793. The van der Waals surface area contributed by atoms with Gasteiger partial charge >= 0.3 is 5.97 Å². The lowest BCUT2D eigenvalue weighted by atomic mass is 10.2. The molecule has 0 saturated carbocycles. The van der Waals surface area contributed by atoms with Gasteiger partial charge in [0.15, 0.2) is 19.0 Å². The van der Waals surface area contributed by atoms with Crippen LogP contribution in [0.4, 0.5) is 5.69 Å². The second-order valence-electron chi connectivity index (χ2n) is 5.27. The number of amides is 1. The van der Waals surface area contributed by atoms with Gasteiger partial charge in [-0.2, -0.15) is 0 Å². The Balaban J connectivity index is 1.88. The molecule has 26 heavy (non-hydrogen) atoms. The molecule has 2 aromatic rings. The van der Waals surface area contributed by atoms with E-state index in [1.807, 2.05) is 0 Å². The number of para-hydroxylation sites is 3.